The number of rotatable bonds is 5. The van der Waals surface area contributed by atoms with Crippen LogP contribution in [-0.4, -0.2) is 17.1 Å². The zero-order valence-corrected chi connectivity index (χ0v) is 12.0. The third-order valence-corrected chi connectivity index (χ3v) is 2.33. The molecule has 1 rings (SSSR count). The Morgan fingerprint density at radius 1 is 1.33 bits per heavy atom. The van der Waals surface area contributed by atoms with Crippen LogP contribution in [0, 0.1) is 11.7 Å². The van der Waals surface area contributed by atoms with Crippen LogP contribution < -0.4 is 10.6 Å². The molecule has 0 aliphatic rings. The highest BCUT2D eigenvalue weighted by Gasteiger charge is 2.15. The molecule has 0 amide bonds. The fourth-order valence-corrected chi connectivity index (χ4v) is 1.56. The molecule has 3 nitrogen and oxygen atoms in total. The van der Waals surface area contributed by atoms with Gasteiger partial charge in [0, 0.05) is 23.8 Å². The van der Waals surface area contributed by atoms with Gasteiger partial charge in [0.05, 0.1) is 0 Å². The first kappa shape index (κ1) is 14.9. The van der Waals surface area contributed by atoms with Crippen LogP contribution in [0.5, 0.6) is 0 Å². The van der Waals surface area contributed by atoms with Crippen molar-refractivity contribution < 1.29 is 4.39 Å². The van der Waals surface area contributed by atoms with Crippen LogP contribution in [0.1, 0.15) is 40.2 Å². The topological polar surface area (TPSA) is 37.0 Å². The Morgan fingerprint density at radius 2 is 2.00 bits per heavy atom. The molecule has 0 aromatic carbocycles. The lowest BCUT2D eigenvalue weighted by Gasteiger charge is -2.22. The first-order chi connectivity index (χ1) is 8.29. The molecule has 1 aromatic rings. The number of nitrogens with one attached hydrogen (secondary N) is 2. The molecule has 4 heteroatoms. The molecule has 18 heavy (non-hydrogen) atoms. The van der Waals surface area contributed by atoms with Crippen molar-refractivity contribution in [2.45, 2.75) is 46.7 Å². The van der Waals surface area contributed by atoms with Crippen LogP contribution in [0.3, 0.4) is 0 Å². The highest BCUT2D eigenvalue weighted by molar-refractivity contribution is 5.41. The van der Waals surface area contributed by atoms with Crippen LogP contribution >= 0.6 is 0 Å². The Labute approximate surface area is 109 Å². The second-order valence-corrected chi connectivity index (χ2v) is 6.03. The van der Waals surface area contributed by atoms with E-state index in [1.54, 1.807) is 12.3 Å². The Kier molecular flexibility index (Phi) is 5.08. The molecule has 0 bridgehead atoms. The summed E-state index contributed by atoms with van der Waals surface area (Å²) in [6.07, 6.45) is 1.64. The van der Waals surface area contributed by atoms with Gasteiger partial charge in [-0.15, -0.1) is 0 Å². The fourth-order valence-electron chi connectivity index (χ4n) is 1.56. The van der Waals surface area contributed by atoms with Crippen molar-refractivity contribution in [2.75, 3.05) is 11.9 Å². The second-order valence-electron chi connectivity index (χ2n) is 6.03. The van der Waals surface area contributed by atoms with Gasteiger partial charge in [-0.1, -0.05) is 13.8 Å². The fraction of sp³-hybridized carbons (Fsp3) is 0.643. The second kappa shape index (κ2) is 6.14. The SMILES string of the molecule is CC(C)CNCc1ccnc(NC(C)(C)C)c1F. The van der Waals surface area contributed by atoms with Crippen molar-refractivity contribution in [1.29, 1.82) is 0 Å². The van der Waals surface area contributed by atoms with E-state index >= 15 is 0 Å². The molecule has 0 radical (unpaired) electrons. The van der Waals surface area contributed by atoms with Gasteiger partial charge in [0.25, 0.3) is 0 Å². The summed E-state index contributed by atoms with van der Waals surface area (Å²) in [5.74, 6) is 0.622. The summed E-state index contributed by atoms with van der Waals surface area (Å²) in [4.78, 5) is 4.05. The average Bonchev–Trinajstić information content (AvgIpc) is 2.21. The van der Waals surface area contributed by atoms with Crippen molar-refractivity contribution in [3.05, 3.63) is 23.6 Å². The van der Waals surface area contributed by atoms with Crippen LogP contribution in [0.4, 0.5) is 10.2 Å². The maximum Gasteiger partial charge on any atom is 0.169 e. The quantitative estimate of drug-likeness (QED) is 0.846. The van der Waals surface area contributed by atoms with Crippen LogP contribution in [0.2, 0.25) is 0 Å². The third-order valence-electron chi connectivity index (χ3n) is 2.33. The van der Waals surface area contributed by atoms with E-state index in [4.69, 9.17) is 0 Å². The Bertz CT molecular complexity index is 383. The normalized spacial score (nSPS) is 11.9. The highest BCUT2D eigenvalue weighted by atomic mass is 19.1. The van der Waals surface area contributed by atoms with E-state index in [9.17, 15) is 4.39 Å². The minimum Gasteiger partial charge on any atom is -0.363 e. The van der Waals surface area contributed by atoms with Crippen molar-refractivity contribution in [3.8, 4) is 0 Å². The lowest BCUT2D eigenvalue weighted by Crippen LogP contribution is -2.28. The molecule has 1 heterocycles. The molecule has 0 aliphatic heterocycles. The van der Waals surface area contributed by atoms with Crippen molar-refractivity contribution in [3.63, 3.8) is 0 Å². The van der Waals surface area contributed by atoms with Gasteiger partial charge in [0.2, 0.25) is 0 Å². The van der Waals surface area contributed by atoms with E-state index in [1.165, 1.54) is 0 Å². The minimum atomic E-state index is -0.260. The molecule has 1 aromatic heterocycles. The van der Waals surface area contributed by atoms with Gasteiger partial charge in [-0.25, -0.2) is 9.37 Å². The van der Waals surface area contributed by atoms with Gasteiger partial charge in [0.15, 0.2) is 11.6 Å². The van der Waals surface area contributed by atoms with E-state index in [2.05, 4.69) is 29.5 Å². The van der Waals surface area contributed by atoms with Gasteiger partial charge in [-0.2, -0.15) is 0 Å². The van der Waals surface area contributed by atoms with Crippen LogP contribution in [0.15, 0.2) is 12.3 Å². The average molecular weight is 253 g/mol. The molecule has 0 spiro atoms. The van der Waals surface area contributed by atoms with Gasteiger partial charge < -0.3 is 10.6 Å². The molecule has 102 valence electrons. The predicted octanol–water partition coefficient (Wildman–Crippen LogP) is 3.18. The molecule has 0 saturated heterocycles. The molecular weight excluding hydrogens is 229 g/mol. The van der Waals surface area contributed by atoms with E-state index in [0.717, 1.165) is 6.54 Å². The Morgan fingerprint density at radius 3 is 2.56 bits per heavy atom. The zero-order valence-electron chi connectivity index (χ0n) is 12.0. The van der Waals surface area contributed by atoms with Crippen LogP contribution in [-0.2, 0) is 6.54 Å². The summed E-state index contributed by atoms with van der Waals surface area (Å²) in [5.41, 5.74) is 0.454. The molecule has 0 aliphatic carbocycles. The summed E-state index contributed by atoms with van der Waals surface area (Å²) >= 11 is 0. The number of pyridine rings is 1. The van der Waals surface area contributed by atoms with E-state index in [-0.39, 0.29) is 11.4 Å². The number of hydrogen-bond acceptors (Lipinski definition) is 3. The standard InChI is InChI=1S/C14H24FN3/c1-10(2)8-16-9-11-6-7-17-13(12(11)15)18-14(3,4)5/h6-7,10,16H,8-9H2,1-5H3,(H,17,18). The van der Waals surface area contributed by atoms with E-state index in [1.807, 2.05) is 20.8 Å². The summed E-state index contributed by atoms with van der Waals surface area (Å²) < 4.78 is 14.2. The number of aromatic nitrogens is 1. The van der Waals surface area contributed by atoms with Crippen molar-refractivity contribution in [2.24, 2.45) is 5.92 Å². The smallest absolute Gasteiger partial charge is 0.169 e. The molecule has 0 fully saturated rings. The third kappa shape index (κ3) is 5.00. The lowest BCUT2D eigenvalue weighted by atomic mass is 10.1. The number of hydrogen-bond donors (Lipinski definition) is 2. The largest absolute Gasteiger partial charge is 0.363 e. The maximum absolute atomic E-state index is 14.2. The first-order valence-electron chi connectivity index (χ1n) is 6.42. The molecule has 0 atom stereocenters. The number of anilines is 1. The number of halogens is 1. The van der Waals surface area contributed by atoms with Gasteiger partial charge in [-0.05, 0) is 39.3 Å². The monoisotopic (exact) mass is 253 g/mol. The summed E-state index contributed by atoms with van der Waals surface area (Å²) in [6, 6.07) is 1.72. The van der Waals surface area contributed by atoms with E-state index < -0.39 is 0 Å². The van der Waals surface area contributed by atoms with Gasteiger partial charge in [0.1, 0.15) is 0 Å². The summed E-state index contributed by atoms with van der Waals surface area (Å²) in [6.45, 7) is 11.6. The van der Waals surface area contributed by atoms with Gasteiger partial charge in [-0.3, -0.25) is 0 Å². The maximum atomic E-state index is 14.2. The molecule has 2 N–H and O–H groups in total. The molecule has 0 saturated carbocycles. The zero-order chi connectivity index (χ0) is 13.8. The Hall–Kier alpha value is -1.16. The molecule has 0 unspecified atom stereocenters. The van der Waals surface area contributed by atoms with Crippen LogP contribution in [0.25, 0.3) is 0 Å². The lowest BCUT2D eigenvalue weighted by molar-refractivity contribution is 0.531. The number of nitrogens with zero attached hydrogens (tertiary/aromatic N) is 1. The molecular formula is C14H24FN3. The van der Waals surface area contributed by atoms with Crippen molar-refractivity contribution >= 4 is 5.82 Å². The predicted molar refractivity (Wildman–Crippen MR) is 74.1 cm³/mol. The minimum absolute atomic E-state index is 0.197. The first-order valence-corrected chi connectivity index (χ1v) is 6.42. The van der Waals surface area contributed by atoms with Crippen molar-refractivity contribution in [1.82, 2.24) is 10.3 Å². The summed E-state index contributed by atoms with van der Waals surface area (Å²) in [7, 11) is 0. The van der Waals surface area contributed by atoms with Gasteiger partial charge >= 0.3 is 0 Å². The highest BCUT2D eigenvalue weighted by Crippen LogP contribution is 2.18. The van der Waals surface area contributed by atoms with E-state index in [0.29, 0.717) is 23.8 Å². The Balaban J connectivity index is 2.72. The summed E-state index contributed by atoms with van der Waals surface area (Å²) in [5, 5.41) is 6.31.